The van der Waals surface area contributed by atoms with Crippen molar-refractivity contribution < 1.29 is 9.53 Å². The van der Waals surface area contributed by atoms with Crippen molar-refractivity contribution in [2.24, 2.45) is 0 Å². The maximum Gasteiger partial charge on any atom is 0.241 e. The van der Waals surface area contributed by atoms with Crippen LogP contribution < -0.4 is 5.32 Å². The second-order valence-corrected chi connectivity index (χ2v) is 5.84. The number of rotatable bonds is 2. The number of nitrogens with zero attached hydrogens (tertiary/aromatic N) is 1. The summed E-state index contributed by atoms with van der Waals surface area (Å²) in [4.78, 5) is 14.6. The average molecular weight is 278 g/mol. The Bertz CT molecular complexity index is 434. The Hall–Kier alpha value is -1.04. The highest BCUT2D eigenvalue weighted by Crippen LogP contribution is 2.26. The first-order chi connectivity index (χ1) is 9.36. The van der Waals surface area contributed by atoms with E-state index in [0.717, 1.165) is 17.2 Å². The standard InChI is InChI=1S/C14H18N2O2S/c17-14(12-9-19-10-15-12)16-6-7-18-8-13(16)11-4-2-1-3-5-11/h1-5,12-13,15H,6-10H2. The van der Waals surface area contributed by atoms with Gasteiger partial charge in [-0.25, -0.2) is 0 Å². The molecule has 19 heavy (non-hydrogen) atoms. The molecule has 2 fully saturated rings. The van der Waals surface area contributed by atoms with Gasteiger partial charge in [0.2, 0.25) is 5.91 Å². The van der Waals surface area contributed by atoms with E-state index in [2.05, 4.69) is 17.4 Å². The lowest BCUT2D eigenvalue weighted by molar-refractivity contribution is -0.141. The number of thioether (sulfide) groups is 1. The van der Waals surface area contributed by atoms with E-state index in [1.54, 1.807) is 11.8 Å². The lowest BCUT2D eigenvalue weighted by Crippen LogP contribution is -2.50. The molecule has 2 heterocycles. The van der Waals surface area contributed by atoms with Gasteiger partial charge >= 0.3 is 0 Å². The molecule has 5 heteroatoms. The summed E-state index contributed by atoms with van der Waals surface area (Å²) < 4.78 is 5.56. The van der Waals surface area contributed by atoms with Gasteiger partial charge in [-0.3, -0.25) is 10.1 Å². The van der Waals surface area contributed by atoms with Crippen LogP contribution in [0.15, 0.2) is 30.3 Å². The number of hydrogen-bond donors (Lipinski definition) is 1. The quantitative estimate of drug-likeness (QED) is 0.884. The molecule has 0 saturated carbocycles. The molecule has 2 unspecified atom stereocenters. The van der Waals surface area contributed by atoms with E-state index in [-0.39, 0.29) is 18.0 Å². The monoisotopic (exact) mass is 278 g/mol. The first-order valence-corrected chi connectivity index (χ1v) is 7.76. The second kappa shape index (κ2) is 5.94. The molecule has 2 aliphatic heterocycles. The SMILES string of the molecule is O=C(C1CSCN1)N1CCOCC1c1ccccc1. The van der Waals surface area contributed by atoms with Crippen LogP contribution in [0.4, 0.5) is 0 Å². The summed E-state index contributed by atoms with van der Waals surface area (Å²) in [6.45, 7) is 1.91. The minimum atomic E-state index is -0.0330. The zero-order chi connectivity index (χ0) is 13.1. The lowest BCUT2D eigenvalue weighted by atomic mass is 10.0. The number of morpholine rings is 1. The zero-order valence-electron chi connectivity index (χ0n) is 10.7. The minimum absolute atomic E-state index is 0.0330. The van der Waals surface area contributed by atoms with Gasteiger partial charge in [0, 0.05) is 18.2 Å². The summed E-state index contributed by atoms with van der Waals surface area (Å²) in [6, 6.07) is 10.2. The van der Waals surface area contributed by atoms with E-state index in [1.807, 2.05) is 23.1 Å². The van der Waals surface area contributed by atoms with Crippen LogP contribution in [0.3, 0.4) is 0 Å². The third kappa shape index (κ3) is 2.78. The maximum atomic E-state index is 12.6. The van der Waals surface area contributed by atoms with Gasteiger partial charge in [-0.05, 0) is 5.56 Å². The van der Waals surface area contributed by atoms with Crippen molar-refractivity contribution >= 4 is 17.7 Å². The van der Waals surface area contributed by atoms with Crippen molar-refractivity contribution in [3.8, 4) is 0 Å². The highest BCUT2D eigenvalue weighted by Gasteiger charge is 2.34. The predicted molar refractivity (Wildman–Crippen MR) is 76.0 cm³/mol. The van der Waals surface area contributed by atoms with E-state index in [9.17, 15) is 4.79 Å². The van der Waals surface area contributed by atoms with Crippen LogP contribution in [0.2, 0.25) is 0 Å². The lowest BCUT2D eigenvalue weighted by Gasteiger charge is -2.37. The summed E-state index contributed by atoms with van der Waals surface area (Å²) in [5, 5.41) is 3.26. The fourth-order valence-electron chi connectivity index (χ4n) is 2.57. The third-order valence-electron chi connectivity index (χ3n) is 3.61. The number of amides is 1. The Labute approximate surface area is 117 Å². The third-order valence-corrected chi connectivity index (χ3v) is 4.55. The fourth-order valence-corrected chi connectivity index (χ4v) is 3.51. The summed E-state index contributed by atoms with van der Waals surface area (Å²) >= 11 is 1.78. The topological polar surface area (TPSA) is 41.6 Å². The fraction of sp³-hybridized carbons (Fsp3) is 0.500. The zero-order valence-corrected chi connectivity index (χ0v) is 11.6. The van der Waals surface area contributed by atoms with E-state index < -0.39 is 0 Å². The summed E-state index contributed by atoms with van der Waals surface area (Å²) in [5.41, 5.74) is 1.15. The van der Waals surface area contributed by atoms with Crippen molar-refractivity contribution in [2.45, 2.75) is 12.1 Å². The van der Waals surface area contributed by atoms with Crippen molar-refractivity contribution in [3.05, 3.63) is 35.9 Å². The van der Waals surface area contributed by atoms with E-state index >= 15 is 0 Å². The number of carbonyl (C=O) groups is 1. The Morgan fingerprint density at radius 2 is 2.21 bits per heavy atom. The van der Waals surface area contributed by atoms with E-state index in [0.29, 0.717) is 19.8 Å². The molecule has 1 aromatic rings. The molecule has 102 valence electrons. The molecule has 0 radical (unpaired) electrons. The van der Waals surface area contributed by atoms with Crippen LogP contribution in [0, 0.1) is 0 Å². The van der Waals surface area contributed by atoms with Crippen LogP contribution >= 0.6 is 11.8 Å². The van der Waals surface area contributed by atoms with Crippen LogP contribution in [0.5, 0.6) is 0 Å². The molecule has 0 aromatic heterocycles. The predicted octanol–water partition coefficient (Wildman–Crippen LogP) is 1.25. The van der Waals surface area contributed by atoms with Crippen molar-refractivity contribution in [1.29, 1.82) is 0 Å². The number of ether oxygens (including phenoxy) is 1. The molecule has 3 rings (SSSR count). The van der Waals surface area contributed by atoms with Crippen LogP contribution in [0.1, 0.15) is 11.6 Å². The first-order valence-electron chi connectivity index (χ1n) is 6.60. The largest absolute Gasteiger partial charge is 0.377 e. The smallest absolute Gasteiger partial charge is 0.241 e. The minimum Gasteiger partial charge on any atom is -0.377 e. The van der Waals surface area contributed by atoms with Gasteiger partial charge in [0.15, 0.2) is 0 Å². The molecule has 1 N–H and O–H groups in total. The van der Waals surface area contributed by atoms with Crippen LogP contribution in [0.25, 0.3) is 0 Å². The molecular formula is C14H18N2O2S. The summed E-state index contributed by atoms with van der Waals surface area (Å²) in [7, 11) is 0. The Morgan fingerprint density at radius 1 is 1.37 bits per heavy atom. The van der Waals surface area contributed by atoms with E-state index in [4.69, 9.17) is 4.74 Å². The van der Waals surface area contributed by atoms with Gasteiger partial charge in [-0.2, -0.15) is 0 Å². The highest BCUT2D eigenvalue weighted by molar-refractivity contribution is 7.99. The molecule has 2 atom stereocenters. The van der Waals surface area contributed by atoms with Gasteiger partial charge in [0.1, 0.15) is 0 Å². The number of benzene rings is 1. The van der Waals surface area contributed by atoms with Gasteiger partial charge in [-0.15, -0.1) is 11.8 Å². The van der Waals surface area contributed by atoms with Crippen molar-refractivity contribution in [1.82, 2.24) is 10.2 Å². The Morgan fingerprint density at radius 3 is 2.95 bits per heavy atom. The Balaban J connectivity index is 1.79. The molecule has 0 aliphatic carbocycles. The van der Waals surface area contributed by atoms with Crippen molar-refractivity contribution in [3.63, 3.8) is 0 Å². The molecule has 2 aliphatic rings. The van der Waals surface area contributed by atoms with Gasteiger partial charge in [-0.1, -0.05) is 30.3 Å². The number of carbonyl (C=O) groups excluding carboxylic acids is 1. The van der Waals surface area contributed by atoms with Crippen LogP contribution in [-0.2, 0) is 9.53 Å². The average Bonchev–Trinajstić information content (AvgIpc) is 3.02. The molecule has 0 bridgehead atoms. The van der Waals surface area contributed by atoms with Gasteiger partial charge < -0.3 is 9.64 Å². The highest BCUT2D eigenvalue weighted by atomic mass is 32.2. The molecule has 4 nitrogen and oxygen atoms in total. The summed E-state index contributed by atoms with van der Waals surface area (Å²) in [6.07, 6.45) is 0. The van der Waals surface area contributed by atoms with Crippen molar-refractivity contribution in [2.75, 3.05) is 31.4 Å². The summed E-state index contributed by atoms with van der Waals surface area (Å²) in [5.74, 6) is 1.95. The molecular weight excluding hydrogens is 260 g/mol. The van der Waals surface area contributed by atoms with E-state index in [1.165, 1.54) is 0 Å². The molecule has 1 amide bonds. The molecule has 2 saturated heterocycles. The molecule has 0 spiro atoms. The Kier molecular flexibility index (Phi) is 4.06. The van der Waals surface area contributed by atoms with Crippen LogP contribution in [-0.4, -0.2) is 48.2 Å². The second-order valence-electron chi connectivity index (χ2n) is 4.80. The van der Waals surface area contributed by atoms with Gasteiger partial charge in [0.25, 0.3) is 0 Å². The normalized spacial score (nSPS) is 27.5. The number of hydrogen-bond acceptors (Lipinski definition) is 4. The molecule has 1 aromatic carbocycles. The number of nitrogens with one attached hydrogen (secondary N) is 1. The van der Waals surface area contributed by atoms with Gasteiger partial charge in [0.05, 0.1) is 25.3 Å². The first kappa shape index (κ1) is 13.0. The maximum absolute atomic E-state index is 12.6.